The topological polar surface area (TPSA) is 130 Å². The SMILES string of the molecule is Cc1cc(COc2ccc(C3(N)CCN(C(C(=O)NO)C4CCNCC4)C3=O)cc2)cc(C)n1. The molecule has 9 heteroatoms. The van der Waals surface area contributed by atoms with Crippen molar-refractivity contribution >= 4 is 11.8 Å². The molecule has 0 radical (unpaired) electrons. The number of aryl methyl sites for hydroxylation is 2. The number of hydroxylamine groups is 1. The van der Waals surface area contributed by atoms with E-state index < -0.39 is 17.5 Å². The van der Waals surface area contributed by atoms with Gasteiger partial charge in [0.05, 0.1) is 0 Å². The maximum Gasteiger partial charge on any atom is 0.266 e. The van der Waals surface area contributed by atoms with E-state index in [4.69, 9.17) is 10.5 Å². The summed E-state index contributed by atoms with van der Waals surface area (Å²) >= 11 is 0. The molecule has 0 saturated carbocycles. The van der Waals surface area contributed by atoms with Crippen molar-refractivity contribution in [3.8, 4) is 5.75 Å². The van der Waals surface area contributed by atoms with Gasteiger partial charge in [-0.25, -0.2) is 5.48 Å². The van der Waals surface area contributed by atoms with E-state index in [0.717, 1.165) is 42.9 Å². The van der Waals surface area contributed by atoms with Gasteiger partial charge in [0.15, 0.2) is 0 Å². The van der Waals surface area contributed by atoms with Gasteiger partial charge in [0, 0.05) is 17.9 Å². The first-order chi connectivity index (χ1) is 16.3. The molecule has 2 fully saturated rings. The summed E-state index contributed by atoms with van der Waals surface area (Å²) in [7, 11) is 0. The van der Waals surface area contributed by atoms with E-state index in [1.54, 1.807) is 10.4 Å². The summed E-state index contributed by atoms with van der Waals surface area (Å²) < 4.78 is 5.91. The van der Waals surface area contributed by atoms with Crippen LogP contribution in [0, 0.1) is 19.8 Å². The second-order valence-corrected chi connectivity index (χ2v) is 9.30. The van der Waals surface area contributed by atoms with Crippen LogP contribution in [0.1, 0.15) is 41.8 Å². The molecule has 3 heterocycles. The van der Waals surface area contributed by atoms with Crippen molar-refractivity contribution in [3.05, 3.63) is 58.9 Å². The minimum atomic E-state index is -1.22. The number of amides is 2. The summed E-state index contributed by atoms with van der Waals surface area (Å²) in [6.07, 6.45) is 1.89. The van der Waals surface area contributed by atoms with Crippen LogP contribution in [0.25, 0.3) is 0 Å². The zero-order valence-corrected chi connectivity index (χ0v) is 19.7. The van der Waals surface area contributed by atoms with Gasteiger partial charge in [0.1, 0.15) is 23.9 Å². The summed E-state index contributed by atoms with van der Waals surface area (Å²) in [5.41, 5.74) is 10.8. The first kappa shape index (κ1) is 24.1. The highest BCUT2D eigenvalue weighted by Crippen LogP contribution is 2.35. The molecule has 0 spiro atoms. The summed E-state index contributed by atoms with van der Waals surface area (Å²) in [5.74, 6) is -0.212. The van der Waals surface area contributed by atoms with E-state index in [-0.39, 0.29) is 11.8 Å². The number of carbonyl (C=O) groups is 2. The van der Waals surface area contributed by atoms with Crippen LogP contribution in [0.4, 0.5) is 0 Å². The Kier molecular flexibility index (Phi) is 7.16. The predicted octanol–water partition coefficient (Wildman–Crippen LogP) is 1.54. The summed E-state index contributed by atoms with van der Waals surface area (Å²) in [6, 6.07) is 10.5. The Labute approximate surface area is 199 Å². The zero-order chi connectivity index (χ0) is 24.3. The predicted molar refractivity (Wildman–Crippen MR) is 126 cm³/mol. The van der Waals surface area contributed by atoms with E-state index in [1.165, 1.54) is 0 Å². The molecule has 2 aromatic rings. The number of nitrogens with one attached hydrogen (secondary N) is 2. The van der Waals surface area contributed by atoms with Crippen molar-refractivity contribution in [1.82, 2.24) is 20.7 Å². The minimum Gasteiger partial charge on any atom is -0.489 e. The molecule has 1 aromatic heterocycles. The Bertz CT molecular complexity index is 1020. The largest absolute Gasteiger partial charge is 0.489 e. The average molecular weight is 468 g/mol. The third kappa shape index (κ3) is 4.91. The van der Waals surface area contributed by atoms with Crippen LogP contribution in [0.5, 0.6) is 5.75 Å². The molecule has 182 valence electrons. The fourth-order valence-corrected chi connectivity index (χ4v) is 5.15. The van der Waals surface area contributed by atoms with Gasteiger partial charge >= 0.3 is 0 Å². The molecule has 5 N–H and O–H groups in total. The molecule has 9 nitrogen and oxygen atoms in total. The van der Waals surface area contributed by atoms with Crippen LogP contribution in [-0.2, 0) is 21.7 Å². The second-order valence-electron chi connectivity index (χ2n) is 9.30. The van der Waals surface area contributed by atoms with E-state index in [0.29, 0.717) is 30.9 Å². The van der Waals surface area contributed by atoms with Crippen molar-refractivity contribution in [3.63, 3.8) is 0 Å². The molecule has 2 atom stereocenters. The second kappa shape index (κ2) is 10.1. The Morgan fingerprint density at radius 3 is 2.53 bits per heavy atom. The fraction of sp³-hybridized carbons (Fsp3) is 0.480. The number of benzene rings is 1. The van der Waals surface area contributed by atoms with Crippen LogP contribution >= 0.6 is 0 Å². The third-order valence-electron chi connectivity index (χ3n) is 6.85. The number of rotatable bonds is 7. The molecule has 2 aliphatic rings. The van der Waals surface area contributed by atoms with Crippen LogP contribution < -0.4 is 21.3 Å². The lowest BCUT2D eigenvalue weighted by molar-refractivity contribution is -0.146. The Balaban J connectivity index is 1.47. The van der Waals surface area contributed by atoms with Crippen LogP contribution in [0.2, 0.25) is 0 Å². The van der Waals surface area contributed by atoms with Gasteiger partial charge in [-0.1, -0.05) is 12.1 Å². The highest BCUT2D eigenvalue weighted by Gasteiger charge is 2.50. The van der Waals surface area contributed by atoms with Crippen LogP contribution in [0.3, 0.4) is 0 Å². The Morgan fingerprint density at radius 1 is 1.26 bits per heavy atom. The van der Waals surface area contributed by atoms with Gasteiger partial charge in [-0.3, -0.25) is 19.8 Å². The monoisotopic (exact) mass is 467 g/mol. The molecule has 0 bridgehead atoms. The zero-order valence-electron chi connectivity index (χ0n) is 19.7. The van der Waals surface area contributed by atoms with Crippen molar-refractivity contribution in [2.24, 2.45) is 11.7 Å². The lowest BCUT2D eigenvalue weighted by atomic mass is 9.87. The van der Waals surface area contributed by atoms with Crippen molar-refractivity contribution in [1.29, 1.82) is 0 Å². The number of pyridine rings is 1. The number of carbonyl (C=O) groups excluding carboxylic acids is 2. The lowest BCUT2D eigenvalue weighted by Gasteiger charge is -2.36. The number of piperidine rings is 1. The fourth-order valence-electron chi connectivity index (χ4n) is 5.15. The van der Waals surface area contributed by atoms with Gasteiger partial charge in [-0.2, -0.15) is 0 Å². The van der Waals surface area contributed by atoms with Crippen molar-refractivity contribution < 1.29 is 19.5 Å². The third-order valence-corrected chi connectivity index (χ3v) is 6.85. The number of nitrogens with two attached hydrogens (primary N) is 1. The number of ether oxygens (including phenoxy) is 1. The van der Waals surface area contributed by atoms with E-state index in [2.05, 4.69) is 10.3 Å². The van der Waals surface area contributed by atoms with E-state index >= 15 is 0 Å². The first-order valence-corrected chi connectivity index (χ1v) is 11.7. The van der Waals surface area contributed by atoms with Crippen molar-refractivity contribution in [2.45, 2.75) is 51.3 Å². The summed E-state index contributed by atoms with van der Waals surface area (Å²) in [5, 5.41) is 12.6. The molecule has 2 saturated heterocycles. The average Bonchev–Trinajstić information content (AvgIpc) is 3.13. The first-order valence-electron chi connectivity index (χ1n) is 11.7. The van der Waals surface area contributed by atoms with E-state index in [9.17, 15) is 14.8 Å². The van der Waals surface area contributed by atoms with Gasteiger partial charge in [-0.05, 0) is 87.5 Å². The number of hydrogen-bond donors (Lipinski definition) is 4. The highest BCUT2D eigenvalue weighted by atomic mass is 16.5. The number of nitrogens with zero attached hydrogens (tertiary/aromatic N) is 2. The number of aromatic nitrogens is 1. The molecular formula is C25H33N5O4. The molecular weight excluding hydrogens is 434 g/mol. The molecule has 2 amide bonds. The summed E-state index contributed by atoms with van der Waals surface area (Å²) in [4.78, 5) is 31.9. The van der Waals surface area contributed by atoms with Gasteiger partial charge in [0.2, 0.25) is 5.91 Å². The van der Waals surface area contributed by atoms with Crippen LogP contribution in [-0.4, -0.2) is 52.6 Å². The quantitative estimate of drug-likeness (QED) is 0.359. The van der Waals surface area contributed by atoms with Gasteiger partial charge in [-0.15, -0.1) is 0 Å². The molecule has 0 aliphatic carbocycles. The highest BCUT2D eigenvalue weighted by molar-refractivity contribution is 5.94. The minimum absolute atomic E-state index is 0.0315. The normalized spacial score (nSPS) is 22.0. The van der Waals surface area contributed by atoms with Crippen molar-refractivity contribution in [2.75, 3.05) is 19.6 Å². The maximum absolute atomic E-state index is 13.5. The number of likely N-dealkylation sites (tertiary alicyclic amines) is 1. The lowest BCUT2D eigenvalue weighted by Crippen LogP contribution is -2.56. The Morgan fingerprint density at radius 2 is 1.91 bits per heavy atom. The molecule has 34 heavy (non-hydrogen) atoms. The molecule has 2 aliphatic heterocycles. The molecule has 2 unspecified atom stereocenters. The number of hydrogen-bond acceptors (Lipinski definition) is 7. The smallest absolute Gasteiger partial charge is 0.266 e. The standard InChI is InChI=1S/C25H33N5O4/c1-16-13-18(14-17(2)28-16)15-34-21-5-3-20(4-6-21)25(26)9-12-30(24(25)32)22(23(31)29-33)19-7-10-27-11-8-19/h3-6,13-14,19,22,27,33H,7-12,15,26H2,1-2H3,(H,29,31). The van der Waals surface area contributed by atoms with Gasteiger partial charge < -0.3 is 20.7 Å². The van der Waals surface area contributed by atoms with Crippen LogP contribution in [0.15, 0.2) is 36.4 Å². The maximum atomic E-state index is 13.5. The molecule has 4 rings (SSSR count). The van der Waals surface area contributed by atoms with Gasteiger partial charge in [0.25, 0.3) is 5.91 Å². The molecule has 1 aromatic carbocycles. The van der Waals surface area contributed by atoms with E-state index in [1.807, 2.05) is 50.2 Å². The summed E-state index contributed by atoms with van der Waals surface area (Å²) in [6.45, 7) is 6.22. The Hall–Kier alpha value is -3.01.